The topological polar surface area (TPSA) is 85.2 Å². The lowest BCUT2D eigenvalue weighted by Crippen LogP contribution is -2.25. The SMILES string of the molecule is COC(=O)/C(=N\O)C(=O)CCCOCc1ccccc1. The fourth-order valence-electron chi connectivity index (χ4n) is 1.52. The van der Waals surface area contributed by atoms with Crippen molar-refractivity contribution in [3.63, 3.8) is 0 Å². The average Bonchev–Trinajstić information content (AvgIpc) is 2.48. The largest absolute Gasteiger partial charge is 0.464 e. The molecule has 0 radical (unpaired) electrons. The molecule has 0 saturated carbocycles. The zero-order chi connectivity index (χ0) is 14.8. The molecule has 0 saturated heterocycles. The number of hydrogen-bond acceptors (Lipinski definition) is 6. The van der Waals surface area contributed by atoms with Crippen molar-refractivity contribution in [2.75, 3.05) is 13.7 Å². The molecular weight excluding hydrogens is 262 g/mol. The van der Waals surface area contributed by atoms with Crippen LogP contribution >= 0.6 is 0 Å². The summed E-state index contributed by atoms with van der Waals surface area (Å²) in [4.78, 5) is 22.7. The molecule has 0 bridgehead atoms. The first kappa shape index (κ1) is 15.8. The van der Waals surface area contributed by atoms with Crippen LogP contribution in [0.1, 0.15) is 18.4 Å². The second kappa shape index (κ2) is 8.82. The first-order valence-electron chi connectivity index (χ1n) is 6.14. The van der Waals surface area contributed by atoms with Gasteiger partial charge in [0, 0.05) is 13.0 Å². The fraction of sp³-hybridized carbons (Fsp3) is 0.357. The second-order valence-electron chi connectivity index (χ2n) is 4.01. The van der Waals surface area contributed by atoms with Gasteiger partial charge < -0.3 is 14.7 Å². The minimum Gasteiger partial charge on any atom is -0.464 e. The highest BCUT2D eigenvalue weighted by Gasteiger charge is 2.21. The van der Waals surface area contributed by atoms with Crippen LogP contribution in [0, 0.1) is 0 Å². The molecule has 6 nitrogen and oxygen atoms in total. The van der Waals surface area contributed by atoms with Crippen molar-refractivity contribution >= 4 is 17.5 Å². The standard InChI is InChI=1S/C14H17NO5/c1-19-14(17)13(15-18)12(16)8-5-9-20-10-11-6-3-2-4-7-11/h2-4,6-7,18H,5,8-10H2,1H3/b15-13-. The van der Waals surface area contributed by atoms with Crippen molar-refractivity contribution in [1.82, 2.24) is 0 Å². The number of esters is 1. The molecule has 0 aliphatic heterocycles. The van der Waals surface area contributed by atoms with Gasteiger partial charge in [-0.3, -0.25) is 4.79 Å². The van der Waals surface area contributed by atoms with E-state index in [1.807, 2.05) is 30.3 Å². The van der Waals surface area contributed by atoms with Crippen LogP contribution in [-0.4, -0.2) is 36.4 Å². The summed E-state index contributed by atoms with van der Waals surface area (Å²) in [5.41, 5.74) is 0.460. The van der Waals surface area contributed by atoms with E-state index in [9.17, 15) is 9.59 Å². The smallest absolute Gasteiger partial charge is 0.363 e. The minimum absolute atomic E-state index is 0.0588. The molecule has 0 aliphatic carbocycles. The number of ketones is 1. The third-order valence-corrected chi connectivity index (χ3v) is 2.55. The molecule has 0 atom stereocenters. The van der Waals surface area contributed by atoms with E-state index in [-0.39, 0.29) is 6.42 Å². The van der Waals surface area contributed by atoms with Gasteiger partial charge in [0.15, 0.2) is 5.78 Å². The van der Waals surface area contributed by atoms with Crippen LogP contribution < -0.4 is 0 Å². The lowest BCUT2D eigenvalue weighted by molar-refractivity contribution is -0.133. The molecule has 1 aromatic carbocycles. The number of carbonyl (C=O) groups is 2. The molecule has 20 heavy (non-hydrogen) atoms. The molecule has 0 aliphatic rings. The molecule has 0 fully saturated rings. The third kappa shape index (κ3) is 5.19. The molecule has 108 valence electrons. The summed E-state index contributed by atoms with van der Waals surface area (Å²) in [6.45, 7) is 0.841. The summed E-state index contributed by atoms with van der Waals surface area (Å²) >= 11 is 0. The summed E-state index contributed by atoms with van der Waals surface area (Å²) in [7, 11) is 1.11. The fourth-order valence-corrected chi connectivity index (χ4v) is 1.52. The van der Waals surface area contributed by atoms with E-state index in [0.29, 0.717) is 19.6 Å². The quantitative estimate of drug-likeness (QED) is 0.195. The normalized spacial score (nSPS) is 11.2. The van der Waals surface area contributed by atoms with Gasteiger partial charge in [-0.05, 0) is 12.0 Å². The summed E-state index contributed by atoms with van der Waals surface area (Å²) in [6, 6.07) is 9.65. The number of oxime groups is 1. The van der Waals surface area contributed by atoms with Crippen molar-refractivity contribution in [2.24, 2.45) is 5.16 Å². The van der Waals surface area contributed by atoms with Gasteiger partial charge in [0.2, 0.25) is 5.71 Å². The second-order valence-corrected chi connectivity index (χ2v) is 4.01. The Morgan fingerprint density at radius 3 is 2.55 bits per heavy atom. The van der Waals surface area contributed by atoms with E-state index in [1.165, 1.54) is 0 Å². The maximum absolute atomic E-state index is 11.6. The molecule has 6 heteroatoms. The van der Waals surface area contributed by atoms with Gasteiger partial charge in [0.05, 0.1) is 13.7 Å². The van der Waals surface area contributed by atoms with Gasteiger partial charge >= 0.3 is 5.97 Å². The molecule has 1 N–H and O–H groups in total. The first-order chi connectivity index (χ1) is 9.69. The van der Waals surface area contributed by atoms with Crippen LogP contribution in [-0.2, 0) is 25.7 Å². The van der Waals surface area contributed by atoms with Crippen LogP contribution in [0.5, 0.6) is 0 Å². The first-order valence-corrected chi connectivity index (χ1v) is 6.14. The Hall–Kier alpha value is -2.21. The molecule has 0 unspecified atom stereocenters. The number of ether oxygens (including phenoxy) is 2. The molecule has 1 aromatic rings. The van der Waals surface area contributed by atoms with Crippen molar-refractivity contribution in [3.05, 3.63) is 35.9 Å². The summed E-state index contributed by atoms with van der Waals surface area (Å²) < 4.78 is 9.73. The van der Waals surface area contributed by atoms with E-state index < -0.39 is 17.5 Å². The molecular formula is C14H17NO5. The number of carbonyl (C=O) groups excluding carboxylic acids is 2. The number of methoxy groups -OCH3 is 1. The Morgan fingerprint density at radius 2 is 1.95 bits per heavy atom. The zero-order valence-corrected chi connectivity index (χ0v) is 11.2. The number of rotatable bonds is 8. The number of nitrogens with zero attached hydrogens (tertiary/aromatic N) is 1. The highest BCUT2D eigenvalue weighted by molar-refractivity contribution is 6.64. The van der Waals surface area contributed by atoms with Crippen molar-refractivity contribution in [1.29, 1.82) is 0 Å². The van der Waals surface area contributed by atoms with E-state index in [0.717, 1.165) is 12.7 Å². The van der Waals surface area contributed by atoms with E-state index in [4.69, 9.17) is 9.94 Å². The van der Waals surface area contributed by atoms with Gasteiger partial charge in [-0.15, -0.1) is 0 Å². The van der Waals surface area contributed by atoms with Crippen LogP contribution in [0.2, 0.25) is 0 Å². The maximum atomic E-state index is 11.6. The summed E-state index contributed by atoms with van der Waals surface area (Å²) in [6.07, 6.45) is 0.491. The van der Waals surface area contributed by atoms with Crippen LogP contribution in [0.25, 0.3) is 0 Å². The highest BCUT2D eigenvalue weighted by Crippen LogP contribution is 2.02. The highest BCUT2D eigenvalue weighted by atomic mass is 16.5. The average molecular weight is 279 g/mol. The van der Waals surface area contributed by atoms with Gasteiger partial charge in [0.1, 0.15) is 0 Å². The Labute approximate surface area is 117 Å². The number of Topliss-reactive ketones (excluding diaryl/α,β-unsaturated/α-hetero) is 1. The van der Waals surface area contributed by atoms with Gasteiger partial charge in [-0.2, -0.15) is 0 Å². The van der Waals surface area contributed by atoms with Gasteiger partial charge in [0.25, 0.3) is 0 Å². The van der Waals surface area contributed by atoms with Crippen molar-refractivity contribution in [3.8, 4) is 0 Å². The molecule has 0 aromatic heterocycles. The number of hydrogen-bond donors (Lipinski definition) is 1. The Balaban J connectivity index is 2.24. The molecule has 0 spiro atoms. The third-order valence-electron chi connectivity index (χ3n) is 2.55. The van der Waals surface area contributed by atoms with E-state index in [1.54, 1.807) is 0 Å². The van der Waals surface area contributed by atoms with E-state index in [2.05, 4.69) is 9.89 Å². The van der Waals surface area contributed by atoms with Crippen LogP contribution in [0.3, 0.4) is 0 Å². The van der Waals surface area contributed by atoms with Crippen LogP contribution in [0.4, 0.5) is 0 Å². The maximum Gasteiger partial charge on any atom is 0.363 e. The van der Waals surface area contributed by atoms with Gasteiger partial charge in [-0.25, -0.2) is 4.79 Å². The lowest BCUT2D eigenvalue weighted by Gasteiger charge is -2.04. The zero-order valence-electron chi connectivity index (χ0n) is 11.2. The lowest BCUT2D eigenvalue weighted by atomic mass is 10.1. The van der Waals surface area contributed by atoms with Gasteiger partial charge in [-0.1, -0.05) is 35.5 Å². The Morgan fingerprint density at radius 1 is 1.25 bits per heavy atom. The van der Waals surface area contributed by atoms with E-state index >= 15 is 0 Å². The number of benzene rings is 1. The summed E-state index contributed by atoms with van der Waals surface area (Å²) in [5.74, 6) is -1.51. The van der Waals surface area contributed by atoms with Crippen molar-refractivity contribution < 1.29 is 24.3 Å². The predicted molar refractivity (Wildman–Crippen MR) is 71.6 cm³/mol. The minimum atomic E-state index is -0.942. The Kier molecular flexibility index (Phi) is 6.99. The molecule has 0 amide bonds. The monoisotopic (exact) mass is 279 g/mol. The van der Waals surface area contributed by atoms with Crippen molar-refractivity contribution in [2.45, 2.75) is 19.4 Å². The molecule has 0 heterocycles. The summed E-state index contributed by atoms with van der Waals surface area (Å²) in [5, 5.41) is 11.2. The molecule has 1 rings (SSSR count). The Bertz CT molecular complexity index is 470. The predicted octanol–water partition coefficient (Wildman–Crippen LogP) is 1.56. The van der Waals surface area contributed by atoms with Crippen LogP contribution in [0.15, 0.2) is 35.5 Å².